The Kier molecular flexibility index (Phi) is 10.1. The summed E-state index contributed by atoms with van der Waals surface area (Å²) in [4.78, 5) is 13.3. The van der Waals surface area contributed by atoms with Crippen molar-refractivity contribution in [3.63, 3.8) is 0 Å². The van der Waals surface area contributed by atoms with E-state index in [1.807, 2.05) is 32.0 Å². The molecule has 0 aromatic heterocycles. The predicted molar refractivity (Wildman–Crippen MR) is 127 cm³/mol. The van der Waals surface area contributed by atoms with Crippen molar-refractivity contribution in [3.8, 4) is 0 Å². The van der Waals surface area contributed by atoms with Crippen LogP contribution in [0.25, 0.3) is 0 Å². The average molecular weight is 515 g/mol. The monoisotopic (exact) mass is 514 g/mol. The molecule has 2 fully saturated rings. The summed E-state index contributed by atoms with van der Waals surface area (Å²) in [5.41, 5.74) is 3.44. The minimum Gasteiger partial charge on any atom is -0.320 e. The van der Waals surface area contributed by atoms with Crippen LogP contribution in [0.2, 0.25) is 0 Å². The van der Waals surface area contributed by atoms with Gasteiger partial charge in [-0.3, -0.25) is 4.79 Å². The van der Waals surface area contributed by atoms with Gasteiger partial charge < -0.3 is 9.80 Å². The number of nitrogens with zero attached hydrogens (tertiary/aromatic N) is 1. The number of hydrogen-bond acceptors (Lipinski definition) is 1. The van der Waals surface area contributed by atoms with Crippen molar-refractivity contribution in [2.45, 2.75) is 71.8 Å². The van der Waals surface area contributed by atoms with Crippen molar-refractivity contribution in [1.29, 1.82) is 0 Å². The molecule has 0 spiro atoms. The van der Waals surface area contributed by atoms with Crippen LogP contribution in [0, 0.1) is 26.6 Å². The number of nitrogens with one attached hydrogen (secondary N) is 1. The number of hydrogen-bond donors (Lipinski definition) is 1. The first-order chi connectivity index (χ1) is 14.8. The maximum atomic E-state index is 13.5. The largest absolute Gasteiger partial charge is 0.320 e. The third kappa shape index (κ3) is 5.69. The van der Waals surface area contributed by atoms with Crippen LogP contribution >= 0.6 is 0 Å². The number of amides is 1. The normalized spacial score (nSPS) is 18.3. The Bertz CT molecular complexity index is 867. The zero-order chi connectivity index (χ0) is 22.5. The van der Waals surface area contributed by atoms with Gasteiger partial charge in [0.2, 0.25) is 0 Å². The van der Waals surface area contributed by atoms with Gasteiger partial charge in [-0.05, 0) is 76.6 Å². The molecular formula is C27H38FN2OY+. The van der Waals surface area contributed by atoms with E-state index in [4.69, 9.17) is 0 Å². The first kappa shape index (κ1) is 27.2. The van der Waals surface area contributed by atoms with Crippen molar-refractivity contribution < 1.29 is 46.4 Å². The number of carbonyl (C=O) groups is 1. The first-order valence-corrected chi connectivity index (χ1v) is 11.8. The van der Waals surface area contributed by atoms with E-state index in [0.29, 0.717) is 0 Å². The fourth-order valence-electron chi connectivity index (χ4n) is 5.47. The average Bonchev–Trinajstić information content (AvgIpc) is 2.71. The van der Waals surface area contributed by atoms with Crippen LogP contribution in [0.15, 0.2) is 42.5 Å². The van der Waals surface area contributed by atoms with Crippen LogP contribution in [0.1, 0.15) is 62.1 Å². The van der Waals surface area contributed by atoms with E-state index in [9.17, 15) is 9.18 Å². The molecule has 1 aliphatic heterocycles. The summed E-state index contributed by atoms with van der Waals surface area (Å²) in [5.74, 6) is -0.0928. The van der Waals surface area contributed by atoms with Crippen molar-refractivity contribution in [2.24, 2.45) is 0 Å². The number of carbonyl (C=O) groups excluding carboxylic acids is 1. The van der Waals surface area contributed by atoms with Crippen molar-refractivity contribution in [3.05, 3.63) is 65.0 Å². The Morgan fingerprint density at radius 1 is 0.969 bits per heavy atom. The first-order valence-electron chi connectivity index (χ1n) is 11.8. The zero-order valence-electron chi connectivity index (χ0n) is 20.2. The standard InChI is InChI=1S/C20H29FN2O.C7H8.Y/c1-4-23(11-6-5-7-12-23)20(9-8-10-20)19(24)22-18-15(2)13-17(21)14-16(18)3;1-7-5-3-2-4-6-7;/h13-14H,4-12H2,1-3H3;2-6H,1H3;/p+1. The molecule has 4 rings (SSSR count). The third-order valence-corrected chi connectivity index (χ3v) is 7.47. The SMILES string of the molecule is CC[N+]1(C2(C(=O)Nc3c(C)cc(F)cc3C)CCC2)CCCCC1.Cc1ccccc1.[Y]. The van der Waals surface area contributed by atoms with Gasteiger partial charge in [-0.2, -0.15) is 0 Å². The van der Waals surface area contributed by atoms with Gasteiger partial charge in [-0.25, -0.2) is 4.39 Å². The molecule has 1 amide bonds. The summed E-state index contributed by atoms with van der Waals surface area (Å²) in [7, 11) is 0. The summed E-state index contributed by atoms with van der Waals surface area (Å²) < 4.78 is 14.5. The van der Waals surface area contributed by atoms with E-state index in [0.717, 1.165) is 60.2 Å². The molecule has 2 aromatic rings. The van der Waals surface area contributed by atoms with Crippen LogP contribution in [0.5, 0.6) is 0 Å². The number of quaternary nitrogens is 1. The minimum atomic E-state index is -0.275. The number of benzene rings is 2. The van der Waals surface area contributed by atoms with Gasteiger partial charge in [0.25, 0.3) is 5.91 Å². The summed E-state index contributed by atoms with van der Waals surface area (Å²) in [6.07, 6.45) is 6.82. The van der Waals surface area contributed by atoms with E-state index < -0.39 is 0 Å². The predicted octanol–water partition coefficient (Wildman–Crippen LogP) is 6.32. The number of likely N-dealkylation sites (N-methyl/N-ethyl adjacent to an activating group) is 1. The van der Waals surface area contributed by atoms with Crippen molar-refractivity contribution in [2.75, 3.05) is 25.0 Å². The van der Waals surface area contributed by atoms with Gasteiger partial charge >= 0.3 is 0 Å². The van der Waals surface area contributed by atoms with Crippen molar-refractivity contribution in [1.82, 2.24) is 0 Å². The Balaban J connectivity index is 0.000000388. The maximum Gasteiger partial charge on any atom is 0.285 e. The number of anilines is 1. The molecule has 0 atom stereocenters. The summed E-state index contributed by atoms with van der Waals surface area (Å²) >= 11 is 0. The number of likely N-dealkylation sites (tertiary alicyclic amines) is 1. The van der Waals surface area contributed by atoms with Gasteiger partial charge in [0.1, 0.15) is 5.82 Å². The van der Waals surface area contributed by atoms with Crippen LogP contribution in [-0.4, -0.2) is 35.6 Å². The molecule has 1 saturated heterocycles. The molecule has 1 N–H and O–H groups in total. The summed E-state index contributed by atoms with van der Waals surface area (Å²) in [6, 6.07) is 13.3. The second kappa shape index (κ2) is 11.9. The van der Waals surface area contributed by atoms with E-state index in [1.165, 1.54) is 37.0 Å². The minimum absolute atomic E-state index is 0. The number of piperidine rings is 1. The number of halogens is 1. The fourth-order valence-corrected chi connectivity index (χ4v) is 5.47. The molecule has 1 saturated carbocycles. The molecule has 32 heavy (non-hydrogen) atoms. The molecule has 1 aliphatic carbocycles. The number of rotatable bonds is 4. The summed E-state index contributed by atoms with van der Waals surface area (Å²) in [5, 5.41) is 3.18. The van der Waals surface area contributed by atoms with E-state index in [-0.39, 0.29) is 50.0 Å². The van der Waals surface area contributed by atoms with E-state index in [1.54, 1.807) is 0 Å². The molecule has 2 aromatic carbocycles. The Labute approximate surface area is 218 Å². The molecular weight excluding hydrogens is 476 g/mol. The Morgan fingerprint density at radius 2 is 1.53 bits per heavy atom. The topological polar surface area (TPSA) is 29.1 Å². The molecule has 0 unspecified atom stereocenters. The quantitative estimate of drug-likeness (QED) is 0.476. The Morgan fingerprint density at radius 3 is 1.94 bits per heavy atom. The van der Waals surface area contributed by atoms with Crippen LogP contribution in [-0.2, 0) is 37.5 Å². The maximum absolute atomic E-state index is 13.5. The van der Waals surface area contributed by atoms with Crippen LogP contribution in [0.4, 0.5) is 10.1 Å². The molecule has 0 bridgehead atoms. The molecule has 1 radical (unpaired) electrons. The summed E-state index contributed by atoms with van der Waals surface area (Å²) in [6.45, 7) is 11.3. The Hall–Kier alpha value is -1.10. The second-order valence-electron chi connectivity index (χ2n) is 9.38. The van der Waals surface area contributed by atoms with E-state index in [2.05, 4.69) is 31.3 Å². The molecule has 171 valence electrons. The van der Waals surface area contributed by atoms with Gasteiger partial charge in [-0.1, -0.05) is 35.9 Å². The van der Waals surface area contributed by atoms with Gasteiger partial charge in [0.05, 0.1) is 19.6 Å². The second-order valence-corrected chi connectivity index (χ2v) is 9.38. The van der Waals surface area contributed by atoms with Gasteiger partial charge in [0, 0.05) is 51.2 Å². The number of aryl methyl sites for hydroxylation is 3. The van der Waals surface area contributed by atoms with Gasteiger partial charge in [0.15, 0.2) is 5.54 Å². The molecule has 2 aliphatic rings. The van der Waals surface area contributed by atoms with Crippen LogP contribution in [0.3, 0.4) is 0 Å². The molecule has 1 heterocycles. The van der Waals surface area contributed by atoms with Crippen molar-refractivity contribution >= 4 is 11.6 Å². The zero-order valence-corrected chi connectivity index (χ0v) is 23.1. The van der Waals surface area contributed by atoms with E-state index >= 15 is 0 Å². The third-order valence-electron chi connectivity index (χ3n) is 7.47. The van der Waals surface area contributed by atoms with Gasteiger partial charge in [-0.15, -0.1) is 0 Å². The fraction of sp³-hybridized carbons (Fsp3) is 0.519. The molecule has 3 nitrogen and oxygen atoms in total. The smallest absolute Gasteiger partial charge is 0.285 e. The van der Waals surface area contributed by atoms with Crippen LogP contribution < -0.4 is 5.32 Å². The molecule has 5 heteroatoms.